The largest absolute Gasteiger partial charge is 0.356 e. The number of nitrogens with one attached hydrogen (secondary N) is 1. The number of benzene rings is 1. The number of hydrogen-bond acceptors (Lipinski definition) is 2. The second-order valence-corrected chi connectivity index (χ2v) is 6.08. The third-order valence-corrected chi connectivity index (χ3v) is 4.31. The van der Waals surface area contributed by atoms with Crippen LogP contribution in [0.15, 0.2) is 30.3 Å². The fourth-order valence-corrected chi connectivity index (χ4v) is 2.75. The van der Waals surface area contributed by atoms with E-state index >= 15 is 0 Å². The molecular formula is C17H26N2O. The number of amides is 1. The zero-order valence-corrected chi connectivity index (χ0v) is 12.4. The quantitative estimate of drug-likeness (QED) is 0.765. The van der Waals surface area contributed by atoms with Crippen molar-refractivity contribution in [2.45, 2.75) is 51.5 Å². The summed E-state index contributed by atoms with van der Waals surface area (Å²) in [5.41, 5.74) is 7.63. The van der Waals surface area contributed by atoms with E-state index in [9.17, 15) is 4.79 Å². The number of hydrogen-bond donors (Lipinski definition) is 2. The van der Waals surface area contributed by atoms with Gasteiger partial charge >= 0.3 is 0 Å². The molecule has 2 rings (SSSR count). The summed E-state index contributed by atoms with van der Waals surface area (Å²) in [5, 5.41) is 3.08. The van der Waals surface area contributed by atoms with Gasteiger partial charge in [-0.15, -0.1) is 0 Å². The lowest BCUT2D eigenvalue weighted by Crippen LogP contribution is -2.30. The smallest absolute Gasteiger partial charge is 0.220 e. The summed E-state index contributed by atoms with van der Waals surface area (Å²) in [6.07, 6.45) is 6.19. The minimum atomic E-state index is -0.0486. The molecule has 1 aliphatic carbocycles. The first-order chi connectivity index (χ1) is 9.65. The van der Waals surface area contributed by atoms with E-state index < -0.39 is 0 Å². The highest BCUT2D eigenvalue weighted by atomic mass is 16.1. The highest BCUT2D eigenvalue weighted by Gasteiger charge is 2.41. The Hall–Kier alpha value is -1.35. The number of carbonyl (C=O) groups excluding carboxylic acids is 1. The zero-order chi connectivity index (χ0) is 14.4. The monoisotopic (exact) mass is 274 g/mol. The standard InChI is InChI=1S/C17H26N2O/c1-2-10-17(11-12-17)13-19-16(20)9-8-15(18)14-6-4-3-5-7-14/h3-7,15H,2,8-13,18H2,1H3,(H,19,20). The van der Waals surface area contributed by atoms with Gasteiger partial charge in [-0.05, 0) is 36.7 Å². The highest BCUT2D eigenvalue weighted by molar-refractivity contribution is 5.76. The van der Waals surface area contributed by atoms with Gasteiger partial charge in [0.15, 0.2) is 0 Å². The normalized spacial score (nSPS) is 17.5. The van der Waals surface area contributed by atoms with Crippen LogP contribution in [0.5, 0.6) is 0 Å². The number of carbonyl (C=O) groups is 1. The van der Waals surface area contributed by atoms with Gasteiger partial charge in [0.1, 0.15) is 0 Å². The number of rotatable bonds is 8. The van der Waals surface area contributed by atoms with E-state index in [0.29, 0.717) is 18.3 Å². The van der Waals surface area contributed by atoms with Gasteiger partial charge in [-0.25, -0.2) is 0 Å². The van der Waals surface area contributed by atoms with Crippen molar-refractivity contribution in [2.24, 2.45) is 11.1 Å². The van der Waals surface area contributed by atoms with Crippen LogP contribution in [0.25, 0.3) is 0 Å². The molecule has 0 bridgehead atoms. The predicted octanol–water partition coefficient (Wildman–Crippen LogP) is 3.16. The first-order valence-electron chi connectivity index (χ1n) is 7.72. The van der Waals surface area contributed by atoms with Crippen LogP contribution in [0.2, 0.25) is 0 Å². The van der Waals surface area contributed by atoms with Crippen molar-refractivity contribution in [3.8, 4) is 0 Å². The van der Waals surface area contributed by atoms with Crippen LogP contribution in [0.3, 0.4) is 0 Å². The summed E-state index contributed by atoms with van der Waals surface area (Å²) in [6.45, 7) is 3.06. The Balaban J connectivity index is 1.68. The Morgan fingerprint density at radius 2 is 2.05 bits per heavy atom. The molecular weight excluding hydrogens is 248 g/mol. The molecule has 0 aliphatic heterocycles. The van der Waals surface area contributed by atoms with E-state index in [-0.39, 0.29) is 11.9 Å². The van der Waals surface area contributed by atoms with E-state index in [1.54, 1.807) is 0 Å². The molecule has 1 aromatic rings. The Kier molecular flexibility index (Phi) is 5.18. The molecule has 1 amide bonds. The first-order valence-corrected chi connectivity index (χ1v) is 7.72. The van der Waals surface area contributed by atoms with Gasteiger partial charge in [0.2, 0.25) is 5.91 Å². The minimum Gasteiger partial charge on any atom is -0.356 e. The molecule has 1 aliphatic rings. The van der Waals surface area contributed by atoms with Crippen molar-refractivity contribution in [1.29, 1.82) is 0 Å². The minimum absolute atomic E-state index is 0.0486. The van der Waals surface area contributed by atoms with Gasteiger partial charge < -0.3 is 11.1 Å². The molecule has 3 heteroatoms. The Morgan fingerprint density at radius 3 is 2.65 bits per heavy atom. The van der Waals surface area contributed by atoms with Crippen LogP contribution in [0.1, 0.15) is 57.1 Å². The SMILES string of the molecule is CCCC1(CNC(=O)CCC(N)c2ccccc2)CC1. The summed E-state index contributed by atoms with van der Waals surface area (Å²) < 4.78 is 0. The lowest BCUT2D eigenvalue weighted by atomic mass is 10.0. The van der Waals surface area contributed by atoms with E-state index in [4.69, 9.17) is 5.73 Å². The van der Waals surface area contributed by atoms with Gasteiger partial charge in [-0.1, -0.05) is 43.7 Å². The van der Waals surface area contributed by atoms with Crippen molar-refractivity contribution in [2.75, 3.05) is 6.54 Å². The summed E-state index contributed by atoms with van der Waals surface area (Å²) in [4.78, 5) is 11.9. The van der Waals surface area contributed by atoms with E-state index in [2.05, 4.69) is 12.2 Å². The van der Waals surface area contributed by atoms with Crippen LogP contribution in [-0.2, 0) is 4.79 Å². The summed E-state index contributed by atoms with van der Waals surface area (Å²) >= 11 is 0. The third kappa shape index (κ3) is 4.34. The highest BCUT2D eigenvalue weighted by Crippen LogP contribution is 2.48. The molecule has 0 spiro atoms. The first kappa shape index (κ1) is 15.0. The van der Waals surface area contributed by atoms with Crippen LogP contribution in [-0.4, -0.2) is 12.5 Å². The van der Waals surface area contributed by atoms with Crippen LogP contribution in [0, 0.1) is 5.41 Å². The molecule has 1 atom stereocenters. The summed E-state index contributed by atoms with van der Waals surface area (Å²) in [5.74, 6) is 0.138. The van der Waals surface area contributed by atoms with Gasteiger partial charge in [-0.2, -0.15) is 0 Å². The molecule has 20 heavy (non-hydrogen) atoms. The fourth-order valence-electron chi connectivity index (χ4n) is 2.75. The summed E-state index contributed by atoms with van der Waals surface area (Å²) in [7, 11) is 0. The molecule has 0 heterocycles. The third-order valence-electron chi connectivity index (χ3n) is 4.31. The molecule has 3 nitrogen and oxygen atoms in total. The Bertz CT molecular complexity index is 426. The average molecular weight is 274 g/mol. The van der Waals surface area contributed by atoms with Crippen molar-refractivity contribution < 1.29 is 4.79 Å². The molecule has 0 saturated heterocycles. The average Bonchev–Trinajstić information content (AvgIpc) is 3.24. The maximum atomic E-state index is 11.9. The maximum absolute atomic E-state index is 11.9. The maximum Gasteiger partial charge on any atom is 0.220 e. The molecule has 3 N–H and O–H groups in total. The second-order valence-electron chi connectivity index (χ2n) is 6.08. The van der Waals surface area contributed by atoms with Crippen molar-refractivity contribution in [1.82, 2.24) is 5.32 Å². The fraction of sp³-hybridized carbons (Fsp3) is 0.588. The topological polar surface area (TPSA) is 55.1 Å². The molecule has 1 fully saturated rings. The van der Waals surface area contributed by atoms with E-state index in [1.807, 2.05) is 30.3 Å². The summed E-state index contributed by atoms with van der Waals surface area (Å²) in [6, 6.07) is 9.93. The Morgan fingerprint density at radius 1 is 1.35 bits per heavy atom. The molecule has 1 unspecified atom stereocenters. The van der Waals surface area contributed by atoms with Gasteiger partial charge in [0.05, 0.1) is 0 Å². The van der Waals surface area contributed by atoms with Crippen molar-refractivity contribution >= 4 is 5.91 Å². The number of nitrogens with two attached hydrogens (primary N) is 1. The van der Waals surface area contributed by atoms with Crippen molar-refractivity contribution in [3.05, 3.63) is 35.9 Å². The van der Waals surface area contributed by atoms with Crippen LogP contribution >= 0.6 is 0 Å². The molecule has 1 saturated carbocycles. The van der Waals surface area contributed by atoms with Gasteiger partial charge in [0, 0.05) is 19.0 Å². The van der Waals surface area contributed by atoms with Crippen LogP contribution < -0.4 is 11.1 Å². The van der Waals surface area contributed by atoms with E-state index in [1.165, 1.54) is 25.7 Å². The molecule has 110 valence electrons. The van der Waals surface area contributed by atoms with Crippen molar-refractivity contribution in [3.63, 3.8) is 0 Å². The van der Waals surface area contributed by atoms with Gasteiger partial charge in [-0.3, -0.25) is 4.79 Å². The molecule has 1 aromatic carbocycles. The predicted molar refractivity (Wildman–Crippen MR) is 82.2 cm³/mol. The van der Waals surface area contributed by atoms with Crippen LogP contribution in [0.4, 0.5) is 0 Å². The van der Waals surface area contributed by atoms with E-state index in [0.717, 1.165) is 12.1 Å². The van der Waals surface area contributed by atoms with Gasteiger partial charge in [0.25, 0.3) is 0 Å². The molecule has 0 aromatic heterocycles. The lowest BCUT2D eigenvalue weighted by Gasteiger charge is -2.16. The molecule has 0 radical (unpaired) electrons. The lowest BCUT2D eigenvalue weighted by molar-refractivity contribution is -0.121. The zero-order valence-electron chi connectivity index (χ0n) is 12.4. The second kappa shape index (κ2) is 6.89. The Labute approximate surface area is 121 Å².